The molecular formula is C30H32N2O7. The Morgan fingerprint density at radius 3 is 2.62 bits per heavy atom. The van der Waals surface area contributed by atoms with Gasteiger partial charge in [-0.2, -0.15) is 0 Å². The van der Waals surface area contributed by atoms with Crippen LogP contribution in [0.5, 0.6) is 5.75 Å². The molecule has 3 N–H and O–H groups in total. The number of aliphatic hydroxyl groups is 2. The first-order valence-corrected chi connectivity index (χ1v) is 13.2. The Hall–Kier alpha value is -3.95. The molecule has 5 rings (SSSR count). The monoisotopic (exact) mass is 532 g/mol. The van der Waals surface area contributed by atoms with Crippen LogP contribution in [0.25, 0.3) is 11.0 Å². The van der Waals surface area contributed by atoms with Crippen molar-refractivity contribution < 1.29 is 29.0 Å². The highest BCUT2D eigenvalue weighted by molar-refractivity contribution is 5.98. The Balaban J connectivity index is 1.59. The first kappa shape index (κ1) is 26.6. The molecule has 204 valence electrons. The van der Waals surface area contributed by atoms with Crippen LogP contribution in [0.15, 0.2) is 75.5 Å². The molecule has 0 fully saturated rings. The van der Waals surface area contributed by atoms with Gasteiger partial charge in [0.25, 0.3) is 5.91 Å². The lowest BCUT2D eigenvalue weighted by Crippen LogP contribution is -2.56. The fourth-order valence-corrected chi connectivity index (χ4v) is 5.34. The van der Waals surface area contributed by atoms with E-state index in [9.17, 15) is 24.6 Å². The second kappa shape index (κ2) is 11.0. The van der Waals surface area contributed by atoms with Gasteiger partial charge in [0.15, 0.2) is 0 Å². The highest BCUT2D eigenvalue weighted by Crippen LogP contribution is 2.47. The normalized spacial score (nSPS) is 21.6. The van der Waals surface area contributed by atoms with E-state index in [4.69, 9.17) is 9.15 Å². The second-order valence-corrected chi connectivity index (χ2v) is 10.3. The summed E-state index contributed by atoms with van der Waals surface area (Å²) in [5.74, 6) is -0.787. The molecule has 2 aromatic carbocycles. The molecule has 0 unspecified atom stereocenters. The Morgan fingerprint density at radius 1 is 1.10 bits per heavy atom. The number of hydrogen-bond donors (Lipinski definition) is 3. The van der Waals surface area contributed by atoms with Crippen molar-refractivity contribution in [1.29, 1.82) is 0 Å². The third-order valence-corrected chi connectivity index (χ3v) is 7.32. The highest BCUT2D eigenvalue weighted by atomic mass is 16.5. The van der Waals surface area contributed by atoms with Gasteiger partial charge < -0.3 is 29.6 Å². The maximum absolute atomic E-state index is 14.0. The quantitative estimate of drug-likeness (QED) is 0.380. The summed E-state index contributed by atoms with van der Waals surface area (Å²) in [5, 5.41) is 24.2. The fraction of sp³-hybridized carbons (Fsp3) is 0.367. The zero-order valence-corrected chi connectivity index (χ0v) is 21.9. The van der Waals surface area contributed by atoms with Crippen LogP contribution in [-0.4, -0.2) is 64.9 Å². The molecule has 0 saturated heterocycles. The molecule has 2 amide bonds. The summed E-state index contributed by atoms with van der Waals surface area (Å²) in [6.07, 6.45) is 0.198. The third kappa shape index (κ3) is 5.07. The summed E-state index contributed by atoms with van der Waals surface area (Å²) >= 11 is 0. The molecule has 2 heterocycles. The Kier molecular flexibility index (Phi) is 7.54. The van der Waals surface area contributed by atoms with Gasteiger partial charge in [0.05, 0.1) is 18.6 Å². The minimum atomic E-state index is -1.18. The van der Waals surface area contributed by atoms with E-state index in [1.54, 1.807) is 36.4 Å². The van der Waals surface area contributed by atoms with Crippen LogP contribution in [-0.2, 0) is 4.79 Å². The number of nitrogens with one attached hydrogen (secondary N) is 1. The second-order valence-electron chi connectivity index (χ2n) is 10.3. The van der Waals surface area contributed by atoms with Gasteiger partial charge in [-0.3, -0.25) is 9.59 Å². The number of amides is 2. The van der Waals surface area contributed by atoms with E-state index >= 15 is 0 Å². The molecular weight excluding hydrogens is 500 g/mol. The van der Waals surface area contributed by atoms with E-state index in [1.165, 1.54) is 11.0 Å². The van der Waals surface area contributed by atoms with Gasteiger partial charge in [0.1, 0.15) is 29.1 Å². The average molecular weight is 533 g/mol. The summed E-state index contributed by atoms with van der Waals surface area (Å²) in [7, 11) is 0. The van der Waals surface area contributed by atoms with Crippen LogP contribution in [0.4, 0.5) is 0 Å². The van der Waals surface area contributed by atoms with Crippen molar-refractivity contribution >= 4 is 22.8 Å². The maximum atomic E-state index is 14.0. The predicted octanol–water partition coefficient (Wildman–Crippen LogP) is 2.60. The Morgan fingerprint density at radius 2 is 1.85 bits per heavy atom. The first-order valence-electron chi connectivity index (χ1n) is 13.2. The molecule has 0 saturated carbocycles. The van der Waals surface area contributed by atoms with Crippen LogP contribution in [0.1, 0.15) is 42.1 Å². The van der Waals surface area contributed by atoms with Crippen LogP contribution in [0.2, 0.25) is 0 Å². The third-order valence-electron chi connectivity index (χ3n) is 7.32. The topological polar surface area (TPSA) is 129 Å². The maximum Gasteiger partial charge on any atom is 0.349 e. The van der Waals surface area contributed by atoms with Crippen LogP contribution in [0, 0.1) is 5.92 Å². The number of nitrogens with zero attached hydrogens (tertiary/aromatic N) is 1. The summed E-state index contributed by atoms with van der Waals surface area (Å²) < 4.78 is 11.6. The van der Waals surface area contributed by atoms with E-state index in [1.807, 2.05) is 32.0 Å². The van der Waals surface area contributed by atoms with Gasteiger partial charge in [0.2, 0.25) is 5.91 Å². The average Bonchev–Trinajstić information content (AvgIpc) is 3.32. The number of benzene rings is 2. The molecule has 9 nitrogen and oxygen atoms in total. The van der Waals surface area contributed by atoms with Crippen LogP contribution >= 0.6 is 0 Å². The molecule has 2 aliphatic rings. The lowest BCUT2D eigenvalue weighted by Gasteiger charge is -2.40. The number of para-hydroxylation sites is 2. The van der Waals surface area contributed by atoms with Crippen molar-refractivity contribution in [2.45, 2.75) is 44.4 Å². The zero-order chi connectivity index (χ0) is 27.7. The summed E-state index contributed by atoms with van der Waals surface area (Å²) in [4.78, 5) is 41.6. The lowest BCUT2D eigenvalue weighted by atomic mass is 9.77. The van der Waals surface area contributed by atoms with E-state index in [2.05, 4.69) is 5.32 Å². The van der Waals surface area contributed by atoms with E-state index in [0.29, 0.717) is 28.7 Å². The van der Waals surface area contributed by atoms with Gasteiger partial charge in [-0.1, -0.05) is 50.2 Å². The minimum Gasteiger partial charge on any atom is -0.486 e. The summed E-state index contributed by atoms with van der Waals surface area (Å²) in [6, 6.07) is 14.8. The molecule has 3 aromatic rings. The largest absolute Gasteiger partial charge is 0.486 e. The van der Waals surface area contributed by atoms with E-state index < -0.39 is 41.6 Å². The molecule has 9 heteroatoms. The van der Waals surface area contributed by atoms with E-state index in [-0.39, 0.29) is 31.2 Å². The first-order chi connectivity index (χ1) is 18.8. The van der Waals surface area contributed by atoms with Crippen molar-refractivity contribution in [3.63, 3.8) is 0 Å². The smallest absolute Gasteiger partial charge is 0.349 e. The van der Waals surface area contributed by atoms with Crippen LogP contribution in [0.3, 0.4) is 0 Å². The molecule has 1 aliphatic heterocycles. The molecule has 1 aliphatic carbocycles. The fourth-order valence-electron chi connectivity index (χ4n) is 5.34. The number of fused-ring (bicyclic) bond motifs is 4. The molecule has 0 bridgehead atoms. The van der Waals surface area contributed by atoms with Crippen molar-refractivity contribution in [3.8, 4) is 5.75 Å². The zero-order valence-electron chi connectivity index (χ0n) is 21.9. The van der Waals surface area contributed by atoms with Crippen molar-refractivity contribution in [3.05, 3.63) is 87.8 Å². The Bertz CT molecular complexity index is 1480. The highest BCUT2D eigenvalue weighted by Gasteiger charge is 2.50. The van der Waals surface area contributed by atoms with E-state index in [0.717, 1.165) is 5.56 Å². The van der Waals surface area contributed by atoms with Gasteiger partial charge in [-0.25, -0.2) is 4.79 Å². The van der Waals surface area contributed by atoms with Gasteiger partial charge in [-0.05, 0) is 36.6 Å². The van der Waals surface area contributed by atoms with Gasteiger partial charge >= 0.3 is 5.63 Å². The standard InChI is InChI=1S/C30H32N2O7/c1-17(2)11-13-32(29(36)21-15-18-7-3-5-9-23(18)39-30(21)37)22-16-20(28(35)31-12-14-33)25-19-8-4-6-10-24(19)38-27(25)26(22)34/h3-10,15-17,22,25-27,33-34H,11-14H2,1-2H3,(H,31,35)/t22-,25+,26+,27+/m1/s1. The number of hydrogen-bond acceptors (Lipinski definition) is 7. The van der Waals surface area contributed by atoms with Crippen LogP contribution < -0.4 is 15.7 Å². The molecule has 39 heavy (non-hydrogen) atoms. The summed E-state index contributed by atoms with van der Waals surface area (Å²) in [6.45, 7) is 4.08. The summed E-state index contributed by atoms with van der Waals surface area (Å²) in [5.41, 5.74) is 0.545. The minimum absolute atomic E-state index is 0.0530. The molecule has 4 atom stereocenters. The lowest BCUT2D eigenvalue weighted by molar-refractivity contribution is -0.118. The molecule has 0 spiro atoms. The van der Waals surface area contributed by atoms with Gasteiger partial charge in [0, 0.05) is 29.6 Å². The molecule has 1 aromatic heterocycles. The van der Waals surface area contributed by atoms with Gasteiger partial charge in [-0.15, -0.1) is 0 Å². The number of ether oxygens (including phenoxy) is 1. The number of rotatable bonds is 8. The van der Waals surface area contributed by atoms with Crippen molar-refractivity contribution in [2.75, 3.05) is 19.7 Å². The Labute approximate surface area is 225 Å². The SMILES string of the molecule is CC(C)CCN(C(=O)c1cc2ccccc2oc1=O)[C@@H]1C=C(C(=O)NCCO)[C@@H]2c3ccccc3O[C@@H]2[C@H]1O. The predicted molar refractivity (Wildman–Crippen MR) is 145 cm³/mol. The number of carbonyl (C=O) groups excluding carboxylic acids is 2. The molecule has 0 radical (unpaired) electrons. The number of carbonyl (C=O) groups is 2. The van der Waals surface area contributed by atoms with Crippen molar-refractivity contribution in [1.82, 2.24) is 10.2 Å². The van der Waals surface area contributed by atoms with Crippen molar-refractivity contribution in [2.24, 2.45) is 5.92 Å². The number of aliphatic hydroxyl groups excluding tert-OH is 2.